The molecule has 0 spiro atoms. The van der Waals surface area contributed by atoms with Crippen LogP contribution in [0, 0.1) is 12.7 Å². The zero-order valence-electron chi connectivity index (χ0n) is 9.25. The lowest BCUT2D eigenvalue weighted by atomic mass is 10.2. The monoisotopic (exact) mass is 212 g/mol. The van der Waals surface area contributed by atoms with Crippen LogP contribution in [0.1, 0.15) is 18.9 Å². The van der Waals surface area contributed by atoms with E-state index in [0.29, 0.717) is 13.2 Å². The quantitative estimate of drug-likeness (QED) is 0.675. The van der Waals surface area contributed by atoms with E-state index in [-0.39, 0.29) is 5.82 Å². The van der Waals surface area contributed by atoms with Crippen molar-refractivity contribution in [3.8, 4) is 5.75 Å². The molecule has 0 aromatic heterocycles. The second-order valence-electron chi connectivity index (χ2n) is 3.37. The first kappa shape index (κ1) is 12.0. The van der Waals surface area contributed by atoms with Gasteiger partial charge < -0.3 is 9.47 Å². The molecule has 1 rings (SSSR count). The molecule has 0 aliphatic rings. The summed E-state index contributed by atoms with van der Waals surface area (Å²) in [7, 11) is 0. The number of halogens is 1. The van der Waals surface area contributed by atoms with Gasteiger partial charge in [-0.1, -0.05) is 6.92 Å². The zero-order valence-corrected chi connectivity index (χ0v) is 9.25. The second kappa shape index (κ2) is 6.40. The molecule has 0 radical (unpaired) electrons. The first-order valence-electron chi connectivity index (χ1n) is 5.20. The summed E-state index contributed by atoms with van der Waals surface area (Å²) in [5.41, 5.74) is 0.811. The summed E-state index contributed by atoms with van der Waals surface area (Å²) in [6.07, 6.45) is 1.01. The predicted octanol–water partition coefficient (Wildman–Crippen LogP) is 2.94. The molecule has 0 aliphatic carbocycles. The van der Waals surface area contributed by atoms with Crippen molar-refractivity contribution < 1.29 is 13.9 Å². The predicted molar refractivity (Wildman–Crippen MR) is 57.7 cm³/mol. The van der Waals surface area contributed by atoms with E-state index in [2.05, 4.69) is 6.92 Å². The van der Waals surface area contributed by atoms with Gasteiger partial charge in [-0.15, -0.1) is 0 Å². The highest BCUT2D eigenvalue weighted by atomic mass is 19.1. The molecule has 0 bridgehead atoms. The van der Waals surface area contributed by atoms with Gasteiger partial charge in [-0.05, 0) is 37.1 Å². The standard InChI is InChI=1S/C12H17FO2/c1-3-6-14-7-8-15-12-5-4-11(13)9-10(12)2/h4-5,9H,3,6-8H2,1-2H3. The molecule has 0 aliphatic heterocycles. The van der Waals surface area contributed by atoms with Crippen LogP contribution in [0.5, 0.6) is 5.75 Å². The van der Waals surface area contributed by atoms with E-state index in [1.165, 1.54) is 12.1 Å². The highest BCUT2D eigenvalue weighted by molar-refractivity contribution is 5.32. The summed E-state index contributed by atoms with van der Waals surface area (Å²) < 4.78 is 23.5. The Morgan fingerprint density at radius 3 is 2.67 bits per heavy atom. The molecular weight excluding hydrogens is 195 g/mol. The molecule has 0 amide bonds. The minimum Gasteiger partial charge on any atom is -0.491 e. The SMILES string of the molecule is CCCOCCOc1ccc(F)cc1C. The first-order chi connectivity index (χ1) is 7.24. The van der Waals surface area contributed by atoms with Gasteiger partial charge in [0.1, 0.15) is 18.2 Å². The molecule has 0 atom stereocenters. The van der Waals surface area contributed by atoms with E-state index < -0.39 is 0 Å². The lowest BCUT2D eigenvalue weighted by Gasteiger charge is -2.09. The molecular formula is C12H17FO2. The summed E-state index contributed by atoms with van der Waals surface area (Å²) in [6.45, 7) is 5.72. The van der Waals surface area contributed by atoms with Gasteiger partial charge in [0.05, 0.1) is 6.61 Å². The fourth-order valence-electron chi connectivity index (χ4n) is 1.23. The molecule has 0 heterocycles. The van der Waals surface area contributed by atoms with Gasteiger partial charge in [0, 0.05) is 6.61 Å². The van der Waals surface area contributed by atoms with E-state index in [0.717, 1.165) is 24.3 Å². The molecule has 1 aromatic carbocycles. The van der Waals surface area contributed by atoms with E-state index in [4.69, 9.17) is 9.47 Å². The Morgan fingerprint density at radius 2 is 2.00 bits per heavy atom. The minimum atomic E-state index is -0.234. The molecule has 84 valence electrons. The van der Waals surface area contributed by atoms with Crippen molar-refractivity contribution in [2.24, 2.45) is 0 Å². The second-order valence-corrected chi connectivity index (χ2v) is 3.37. The van der Waals surface area contributed by atoms with Crippen LogP contribution in [0.3, 0.4) is 0 Å². The van der Waals surface area contributed by atoms with Crippen molar-refractivity contribution in [2.45, 2.75) is 20.3 Å². The van der Waals surface area contributed by atoms with E-state index in [1.807, 2.05) is 6.92 Å². The van der Waals surface area contributed by atoms with Crippen molar-refractivity contribution in [1.29, 1.82) is 0 Å². The fraction of sp³-hybridized carbons (Fsp3) is 0.500. The number of hydrogen-bond donors (Lipinski definition) is 0. The summed E-state index contributed by atoms with van der Waals surface area (Å²) in [4.78, 5) is 0. The Bertz CT molecular complexity index is 300. The number of aryl methyl sites for hydroxylation is 1. The smallest absolute Gasteiger partial charge is 0.123 e. The van der Waals surface area contributed by atoms with Crippen LogP contribution >= 0.6 is 0 Å². The highest BCUT2D eigenvalue weighted by Crippen LogP contribution is 2.17. The van der Waals surface area contributed by atoms with Crippen LogP contribution in [-0.2, 0) is 4.74 Å². The van der Waals surface area contributed by atoms with Gasteiger partial charge in [-0.3, -0.25) is 0 Å². The number of benzene rings is 1. The maximum absolute atomic E-state index is 12.8. The van der Waals surface area contributed by atoms with Crippen molar-refractivity contribution in [3.63, 3.8) is 0 Å². The normalized spacial score (nSPS) is 10.3. The van der Waals surface area contributed by atoms with Crippen LogP contribution in [0.15, 0.2) is 18.2 Å². The van der Waals surface area contributed by atoms with Gasteiger partial charge in [-0.25, -0.2) is 4.39 Å². The Labute approximate surface area is 90.0 Å². The molecule has 0 fully saturated rings. The van der Waals surface area contributed by atoms with Crippen molar-refractivity contribution in [2.75, 3.05) is 19.8 Å². The fourth-order valence-corrected chi connectivity index (χ4v) is 1.23. The molecule has 0 N–H and O–H groups in total. The molecule has 3 heteroatoms. The van der Waals surface area contributed by atoms with Gasteiger partial charge in [0.2, 0.25) is 0 Å². The zero-order chi connectivity index (χ0) is 11.1. The molecule has 2 nitrogen and oxygen atoms in total. The van der Waals surface area contributed by atoms with E-state index >= 15 is 0 Å². The lowest BCUT2D eigenvalue weighted by Crippen LogP contribution is -2.07. The van der Waals surface area contributed by atoms with Gasteiger partial charge in [0.15, 0.2) is 0 Å². The van der Waals surface area contributed by atoms with Crippen LogP contribution in [0.2, 0.25) is 0 Å². The summed E-state index contributed by atoms with van der Waals surface area (Å²) in [6, 6.07) is 4.50. The van der Waals surface area contributed by atoms with Crippen LogP contribution in [0.25, 0.3) is 0 Å². The van der Waals surface area contributed by atoms with Crippen molar-refractivity contribution in [1.82, 2.24) is 0 Å². The molecule has 1 aromatic rings. The Morgan fingerprint density at radius 1 is 1.20 bits per heavy atom. The third-order valence-electron chi connectivity index (χ3n) is 1.97. The van der Waals surface area contributed by atoms with Gasteiger partial charge >= 0.3 is 0 Å². The third-order valence-corrected chi connectivity index (χ3v) is 1.97. The third kappa shape index (κ3) is 4.30. The highest BCUT2D eigenvalue weighted by Gasteiger charge is 2.00. The average Bonchev–Trinajstić information content (AvgIpc) is 2.20. The van der Waals surface area contributed by atoms with Gasteiger partial charge in [0.25, 0.3) is 0 Å². The Kier molecular flexibility index (Phi) is 5.12. The topological polar surface area (TPSA) is 18.5 Å². The molecule has 0 saturated heterocycles. The summed E-state index contributed by atoms with van der Waals surface area (Å²) in [5, 5.41) is 0. The summed E-state index contributed by atoms with van der Waals surface area (Å²) >= 11 is 0. The molecule has 0 unspecified atom stereocenters. The van der Waals surface area contributed by atoms with Crippen molar-refractivity contribution in [3.05, 3.63) is 29.6 Å². The largest absolute Gasteiger partial charge is 0.491 e. The van der Waals surface area contributed by atoms with Crippen LogP contribution in [-0.4, -0.2) is 19.8 Å². The maximum Gasteiger partial charge on any atom is 0.123 e. The van der Waals surface area contributed by atoms with E-state index in [1.54, 1.807) is 6.07 Å². The Balaban J connectivity index is 2.31. The molecule has 0 saturated carbocycles. The van der Waals surface area contributed by atoms with Crippen molar-refractivity contribution >= 4 is 0 Å². The van der Waals surface area contributed by atoms with Crippen LogP contribution < -0.4 is 4.74 Å². The first-order valence-corrected chi connectivity index (χ1v) is 5.20. The summed E-state index contributed by atoms with van der Waals surface area (Å²) in [5.74, 6) is 0.485. The number of rotatable bonds is 6. The average molecular weight is 212 g/mol. The Hall–Kier alpha value is -1.09. The van der Waals surface area contributed by atoms with Gasteiger partial charge in [-0.2, -0.15) is 0 Å². The number of ether oxygens (including phenoxy) is 2. The number of hydrogen-bond acceptors (Lipinski definition) is 2. The van der Waals surface area contributed by atoms with Crippen LogP contribution in [0.4, 0.5) is 4.39 Å². The van der Waals surface area contributed by atoms with E-state index in [9.17, 15) is 4.39 Å². The minimum absolute atomic E-state index is 0.234. The molecule has 15 heavy (non-hydrogen) atoms. The lowest BCUT2D eigenvalue weighted by molar-refractivity contribution is 0.100. The maximum atomic E-state index is 12.8.